The number of aromatic nitrogens is 3. The van der Waals surface area contributed by atoms with Gasteiger partial charge in [0.05, 0.1) is 35.0 Å². The fourth-order valence-electron chi connectivity index (χ4n) is 4.12. The van der Waals surface area contributed by atoms with Crippen LogP contribution in [0.3, 0.4) is 0 Å². The van der Waals surface area contributed by atoms with E-state index < -0.39 is 0 Å². The smallest absolute Gasteiger partial charge is 0.235 e. The van der Waals surface area contributed by atoms with Crippen LogP contribution in [0.15, 0.2) is 29.4 Å². The van der Waals surface area contributed by atoms with Gasteiger partial charge in [0.15, 0.2) is 5.16 Å². The number of hydrogen-bond donors (Lipinski definition) is 1. The normalized spacial score (nSPS) is 16.0. The molecule has 162 valence electrons. The van der Waals surface area contributed by atoms with Crippen LogP contribution in [-0.2, 0) is 22.6 Å². The van der Waals surface area contributed by atoms with E-state index in [9.17, 15) is 10.1 Å². The Hall–Kier alpha value is -2.76. The molecule has 1 aliphatic rings. The lowest BCUT2D eigenvalue weighted by atomic mass is 10.2. The molecule has 1 atom stereocenters. The van der Waals surface area contributed by atoms with E-state index >= 15 is 0 Å². The lowest BCUT2D eigenvalue weighted by Gasteiger charge is -2.16. The summed E-state index contributed by atoms with van der Waals surface area (Å²) in [5, 5.41) is 13.5. The molecule has 1 fully saturated rings. The summed E-state index contributed by atoms with van der Waals surface area (Å²) in [6, 6.07) is 10.2. The highest BCUT2D eigenvalue weighted by Gasteiger charge is 2.24. The van der Waals surface area contributed by atoms with Crippen LogP contribution in [0.4, 0.5) is 5.82 Å². The lowest BCUT2D eigenvalue weighted by molar-refractivity contribution is -0.113. The average molecular weight is 438 g/mol. The molecule has 1 N–H and O–H groups in total. The van der Waals surface area contributed by atoms with Crippen LogP contribution in [0.1, 0.15) is 36.6 Å². The lowest BCUT2D eigenvalue weighted by Crippen LogP contribution is -2.22. The molecule has 3 heterocycles. The highest BCUT2D eigenvalue weighted by atomic mass is 32.2. The molecule has 1 aliphatic heterocycles. The molecule has 1 aromatic carbocycles. The van der Waals surface area contributed by atoms with E-state index in [1.165, 1.54) is 11.8 Å². The van der Waals surface area contributed by atoms with Gasteiger partial charge in [-0.2, -0.15) is 5.26 Å². The number of anilines is 1. The predicted molar refractivity (Wildman–Crippen MR) is 122 cm³/mol. The Morgan fingerprint density at radius 1 is 1.35 bits per heavy atom. The van der Waals surface area contributed by atoms with Crippen molar-refractivity contribution < 1.29 is 9.53 Å². The minimum absolute atomic E-state index is 0.117. The molecule has 0 spiro atoms. The molecular formula is C23H27N5O2S. The second-order valence-corrected chi connectivity index (χ2v) is 8.70. The first kappa shape index (κ1) is 21.5. The van der Waals surface area contributed by atoms with E-state index in [-0.39, 0.29) is 17.8 Å². The minimum atomic E-state index is -0.151. The number of ether oxygens (including phenoxy) is 1. The molecule has 4 rings (SSSR count). The largest absolute Gasteiger partial charge is 0.376 e. The van der Waals surface area contributed by atoms with Crippen LogP contribution in [0.2, 0.25) is 0 Å². The molecule has 0 aliphatic carbocycles. The van der Waals surface area contributed by atoms with Crippen LogP contribution >= 0.6 is 11.8 Å². The summed E-state index contributed by atoms with van der Waals surface area (Å²) < 4.78 is 9.92. The third-order valence-corrected chi connectivity index (χ3v) is 6.85. The van der Waals surface area contributed by atoms with Crippen molar-refractivity contribution in [1.82, 2.24) is 14.1 Å². The van der Waals surface area contributed by atoms with Crippen molar-refractivity contribution in [2.24, 2.45) is 0 Å². The van der Waals surface area contributed by atoms with E-state index in [0.717, 1.165) is 53.4 Å². The maximum atomic E-state index is 12.9. The highest BCUT2D eigenvalue weighted by Crippen LogP contribution is 2.29. The van der Waals surface area contributed by atoms with E-state index in [4.69, 9.17) is 4.74 Å². The third-order valence-electron chi connectivity index (χ3n) is 5.88. The van der Waals surface area contributed by atoms with Crippen molar-refractivity contribution in [3.8, 4) is 6.07 Å². The molecule has 7 nitrogen and oxygen atoms in total. The number of carbonyl (C=O) groups excluding carboxylic acids is 1. The summed E-state index contributed by atoms with van der Waals surface area (Å²) in [5.41, 5.74) is 4.40. The number of nitrogens with one attached hydrogen (secondary N) is 1. The molecule has 0 bridgehead atoms. The molecule has 2 aromatic heterocycles. The number of rotatable bonds is 7. The van der Waals surface area contributed by atoms with Crippen molar-refractivity contribution in [2.75, 3.05) is 17.7 Å². The minimum Gasteiger partial charge on any atom is -0.376 e. The first-order valence-electron chi connectivity index (χ1n) is 10.6. The number of nitrogens with zero attached hydrogens (tertiary/aromatic N) is 4. The maximum Gasteiger partial charge on any atom is 0.235 e. The van der Waals surface area contributed by atoms with Gasteiger partial charge in [0.1, 0.15) is 11.9 Å². The van der Waals surface area contributed by atoms with Gasteiger partial charge in [0.25, 0.3) is 0 Å². The first-order valence-corrected chi connectivity index (χ1v) is 11.6. The Labute approximate surface area is 186 Å². The van der Waals surface area contributed by atoms with Gasteiger partial charge < -0.3 is 19.2 Å². The van der Waals surface area contributed by atoms with E-state index in [1.54, 1.807) is 0 Å². The number of para-hydroxylation sites is 2. The van der Waals surface area contributed by atoms with Gasteiger partial charge in [0.2, 0.25) is 5.91 Å². The molecule has 31 heavy (non-hydrogen) atoms. The van der Waals surface area contributed by atoms with E-state index in [2.05, 4.69) is 27.9 Å². The summed E-state index contributed by atoms with van der Waals surface area (Å²) in [5.74, 6) is 0.641. The van der Waals surface area contributed by atoms with Crippen molar-refractivity contribution in [3.05, 3.63) is 41.1 Å². The van der Waals surface area contributed by atoms with Gasteiger partial charge in [-0.25, -0.2) is 4.98 Å². The second kappa shape index (κ2) is 9.16. The summed E-state index contributed by atoms with van der Waals surface area (Å²) in [6.45, 7) is 8.17. The number of thioether (sulfide) groups is 1. The Morgan fingerprint density at radius 2 is 2.16 bits per heavy atom. The zero-order valence-corrected chi connectivity index (χ0v) is 19.0. The van der Waals surface area contributed by atoms with Gasteiger partial charge in [-0.05, 0) is 51.3 Å². The van der Waals surface area contributed by atoms with Gasteiger partial charge in [-0.1, -0.05) is 23.9 Å². The average Bonchev–Trinajstić information content (AvgIpc) is 3.46. The number of fused-ring (bicyclic) bond motifs is 1. The number of hydrogen-bond acceptors (Lipinski definition) is 5. The molecule has 0 radical (unpaired) electrons. The second-order valence-electron chi connectivity index (χ2n) is 7.76. The number of nitriles is 1. The van der Waals surface area contributed by atoms with Crippen LogP contribution < -0.4 is 5.32 Å². The zero-order chi connectivity index (χ0) is 22.0. The maximum absolute atomic E-state index is 12.9. The third kappa shape index (κ3) is 4.21. The van der Waals surface area contributed by atoms with Crippen LogP contribution in [0.25, 0.3) is 11.0 Å². The number of carbonyl (C=O) groups is 1. The summed E-state index contributed by atoms with van der Waals surface area (Å²) in [7, 11) is 0. The Balaban J connectivity index is 1.52. The van der Waals surface area contributed by atoms with Crippen molar-refractivity contribution in [3.63, 3.8) is 0 Å². The molecule has 3 aromatic rings. The van der Waals surface area contributed by atoms with Gasteiger partial charge in [-0.15, -0.1) is 0 Å². The molecule has 0 saturated carbocycles. The zero-order valence-electron chi connectivity index (χ0n) is 18.1. The molecular weight excluding hydrogens is 410 g/mol. The molecule has 8 heteroatoms. The number of imidazole rings is 1. The number of amides is 1. The van der Waals surface area contributed by atoms with E-state index in [0.29, 0.717) is 17.9 Å². The predicted octanol–water partition coefficient (Wildman–Crippen LogP) is 4.26. The fourth-order valence-corrected chi connectivity index (χ4v) is 5.00. The Morgan fingerprint density at radius 3 is 2.87 bits per heavy atom. The summed E-state index contributed by atoms with van der Waals surface area (Å²) in [6.07, 6.45) is 2.16. The molecule has 1 saturated heterocycles. The SMILES string of the molecule is CCn1c(SCC(=O)Nc2c(C#N)c(C)c(C)n2C[C@@H]2CCCO2)nc2ccccc21. The van der Waals surface area contributed by atoms with Crippen molar-refractivity contribution >= 4 is 34.5 Å². The number of benzene rings is 1. The Kier molecular flexibility index (Phi) is 6.35. The van der Waals surface area contributed by atoms with Gasteiger partial charge in [0, 0.05) is 18.8 Å². The molecule has 0 unspecified atom stereocenters. The fraction of sp³-hybridized carbons (Fsp3) is 0.435. The summed E-state index contributed by atoms with van der Waals surface area (Å²) >= 11 is 1.41. The van der Waals surface area contributed by atoms with E-state index in [1.807, 2.05) is 42.7 Å². The topological polar surface area (TPSA) is 84.9 Å². The number of aryl methyl sites for hydroxylation is 1. The Bertz CT molecular complexity index is 1150. The van der Waals surface area contributed by atoms with Crippen molar-refractivity contribution in [1.29, 1.82) is 5.26 Å². The first-order chi connectivity index (χ1) is 15.0. The highest BCUT2D eigenvalue weighted by molar-refractivity contribution is 7.99. The van der Waals surface area contributed by atoms with Crippen LogP contribution in [-0.4, -0.2) is 38.5 Å². The van der Waals surface area contributed by atoms with Gasteiger partial charge in [-0.3, -0.25) is 4.79 Å². The van der Waals surface area contributed by atoms with Crippen LogP contribution in [0.5, 0.6) is 0 Å². The quantitative estimate of drug-likeness (QED) is 0.559. The van der Waals surface area contributed by atoms with Crippen LogP contribution in [0, 0.1) is 25.2 Å². The summed E-state index contributed by atoms with van der Waals surface area (Å²) in [4.78, 5) is 17.5. The van der Waals surface area contributed by atoms with Crippen molar-refractivity contribution in [2.45, 2.75) is 58.0 Å². The molecule has 1 amide bonds. The monoisotopic (exact) mass is 437 g/mol. The standard InChI is InChI=1S/C23H27N5O2S/c1-4-27-20-10-6-5-9-19(20)25-23(27)31-14-21(29)26-22-18(12-24)15(2)16(3)28(22)13-17-8-7-11-30-17/h5-6,9-10,17H,4,7-8,11,13-14H2,1-3H3,(H,26,29)/t17-/m0/s1. The van der Waals surface area contributed by atoms with Gasteiger partial charge >= 0.3 is 0 Å².